The van der Waals surface area contributed by atoms with Gasteiger partial charge in [0.05, 0.1) is 34.4 Å². The standard InChI is InChI=1S/C17H17N3O4S/c1-2-24-17(21)13-5-8-16-15(9-13)19-11-20(16)10-12-3-6-14(7-4-12)25(18,22)23/h3-9,11H,2,10H2,1H3,(H2,18,22,23). The van der Waals surface area contributed by atoms with Crippen LogP contribution in [-0.4, -0.2) is 30.5 Å². The van der Waals surface area contributed by atoms with Crippen molar-refractivity contribution in [2.75, 3.05) is 6.61 Å². The van der Waals surface area contributed by atoms with Gasteiger partial charge in [0, 0.05) is 6.54 Å². The molecule has 1 aromatic heterocycles. The molecule has 0 aliphatic heterocycles. The Hall–Kier alpha value is -2.71. The van der Waals surface area contributed by atoms with E-state index in [9.17, 15) is 13.2 Å². The number of hydrogen-bond acceptors (Lipinski definition) is 5. The highest BCUT2D eigenvalue weighted by Crippen LogP contribution is 2.18. The lowest BCUT2D eigenvalue weighted by Crippen LogP contribution is -2.12. The summed E-state index contributed by atoms with van der Waals surface area (Å²) >= 11 is 0. The number of carbonyl (C=O) groups excluding carboxylic acids is 1. The summed E-state index contributed by atoms with van der Waals surface area (Å²) in [7, 11) is -3.70. The van der Waals surface area contributed by atoms with E-state index in [2.05, 4.69) is 4.98 Å². The van der Waals surface area contributed by atoms with Crippen molar-refractivity contribution in [2.45, 2.75) is 18.4 Å². The van der Waals surface area contributed by atoms with Gasteiger partial charge in [0.15, 0.2) is 0 Å². The monoisotopic (exact) mass is 359 g/mol. The maximum atomic E-state index is 11.8. The number of primary sulfonamides is 1. The molecule has 1 heterocycles. The zero-order valence-corrected chi connectivity index (χ0v) is 14.4. The van der Waals surface area contributed by atoms with Crippen LogP contribution in [0.4, 0.5) is 0 Å². The van der Waals surface area contributed by atoms with E-state index in [-0.39, 0.29) is 10.9 Å². The molecule has 0 radical (unpaired) electrons. The van der Waals surface area contributed by atoms with Gasteiger partial charge in [-0.3, -0.25) is 0 Å². The number of imidazole rings is 1. The first-order valence-electron chi connectivity index (χ1n) is 7.62. The first kappa shape index (κ1) is 17.1. The molecule has 0 aliphatic carbocycles. The lowest BCUT2D eigenvalue weighted by molar-refractivity contribution is 0.0526. The number of sulfonamides is 1. The first-order valence-corrected chi connectivity index (χ1v) is 9.17. The summed E-state index contributed by atoms with van der Waals surface area (Å²) in [6, 6.07) is 11.6. The van der Waals surface area contributed by atoms with Crippen molar-refractivity contribution in [3.8, 4) is 0 Å². The Labute approximate surface area is 145 Å². The van der Waals surface area contributed by atoms with Gasteiger partial charge in [-0.15, -0.1) is 0 Å². The molecule has 0 spiro atoms. The Kier molecular flexibility index (Phi) is 4.56. The number of nitrogens with two attached hydrogens (primary N) is 1. The predicted octanol–water partition coefficient (Wildman–Crippen LogP) is 1.91. The molecule has 0 unspecified atom stereocenters. The van der Waals surface area contributed by atoms with E-state index in [0.717, 1.165) is 11.1 Å². The Balaban J connectivity index is 1.86. The van der Waals surface area contributed by atoms with Crippen molar-refractivity contribution >= 4 is 27.0 Å². The Morgan fingerprint density at radius 3 is 2.56 bits per heavy atom. The quantitative estimate of drug-likeness (QED) is 0.701. The molecular weight excluding hydrogens is 342 g/mol. The maximum Gasteiger partial charge on any atom is 0.338 e. The number of fused-ring (bicyclic) bond motifs is 1. The van der Waals surface area contributed by atoms with Gasteiger partial charge in [-0.1, -0.05) is 12.1 Å². The van der Waals surface area contributed by atoms with Crippen LogP contribution in [-0.2, 0) is 21.3 Å². The van der Waals surface area contributed by atoms with Crippen LogP contribution in [0.5, 0.6) is 0 Å². The van der Waals surface area contributed by atoms with Gasteiger partial charge in [0.25, 0.3) is 0 Å². The third kappa shape index (κ3) is 3.70. The molecule has 8 heteroatoms. The van der Waals surface area contributed by atoms with Gasteiger partial charge >= 0.3 is 5.97 Å². The molecule has 25 heavy (non-hydrogen) atoms. The average Bonchev–Trinajstić information content (AvgIpc) is 2.97. The fourth-order valence-corrected chi connectivity index (χ4v) is 3.03. The van der Waals surface area contributed by atoms with E-state index in [0.29, 0.717) is 24.2 Å². The number of esters is 1. The molecule has 0 atom stereocenters. The molecule has 0 fully saturated rings. The second-order valence-electron chi connectivity index (χ2n) is 5.49. The second kappa shape index (κ2) is 6.66. The number of ether oxygens (including phenoxy) is 1. The van der Waals surface area contributed by atoms with Crippen LogP contribution in [0, 0.1) is 0 Å². The van der Waals surface area contributed by atoms with E-state index in [4.69, 9.17) is 9.88 Å². The summed E-state index contributed by atoms with van der Waals surface area (Å²) in [6.07, 6.45) is 1.67. The molecule has 2 N–H and O–H groups in total. The van der Waals surface area contributed by atoms with E-state index in [1.165, 1.54) is 12.1 Å². The highest BCUT2D eigenvalue weighted by Gasteiger charge is 2.11. The summed E-state index contributed by atoms with van der Waals surface area (Å²) in [4.78, 5) is 16.2. The summed E-state index contributed by atoms with van der Waals surface area (Å²) in [5, 5.41) is 5.10. The van der Waals surface area contributed by atoms with Gasteiger partial charge in [-0.2, -0.15) is 0 Å². The van der Waals surface area contributed by atoms with Crippen molar-refractivity contribution in [3.63, 3.8) is 0 Å². The Morgan fingerprint density at radius 1 is 1.20 bits per heavy atom. The zero-order chi connectivity index (χ0) is 18.0. The summed E-state index contributed by atoms with van der Waals surface area (Å²) in [5.74, 6) is -0.377. The number of rotatable bonds is 5. The highest BCUT2D eigenvalue weighted by atomic mass is 32.2. The van der Waals surface area contributed by atoms with Crippen molar-refractivity contribution < 1.29 is 17.9 Å². The lowest BCUT2D eigenvalue weighted by atomic mass is 10.2. The third-order valence-electron chi connectivity index (χ3n) is 3.74. The fourth-order valence-electron chi connectivity index (χ4n) is 2.51. The molecule has 7 nitrogen and oxygen atoms in total. The molecule has 3 aromatic rings. The van der Waals surface area contributed by atoms with Crippen LogP contribution in [0.1, 0.15) is 22.8 Å². The van der Waals surface area contributed by atoms with Gasteiger partial charge in [-0.25, -0.2) is 23.3 Å². The first-order chi connectivity index (χ1) is 11.9. The molecule has 2 aromatic carbocycles. The predicted molar refractivity (Wildman–Crippen MR) is 92.6 cm³/mol. The molecule has 0 saturated heterocycles. The summed E-state index contributed by atoms with van der Waals surface area (Å²) < 4.78 is 29.5. The number of nitrogens with zero attached hydrogens (tertiary/aromatic N) is 2. The molecule has 0 bridgehead atoms. The Bertz CT molecular complexity index is 1020. The van der Waals surface area contributed by atoms with Crippen LogP contribution >= 0.6 is 0 Å². The van der Waals surface area contributed by atoms with Gasteiger partial charge < -0.3 is 9.30 Å². The van der Waals surface area contributed by atoms with Crippen LogP contribution in [0.2, 0.25) is 0 Å². The average molecular weight is 359 g/mol. The van der Waals surface area contributed by atoms with Gasteiger partial charge in [0.2, 0.25) is 10.0 Å². The number of hydrogen-bond donors (Lipinski definition) is 1. The van der Waals surface area contributed by atoms with Crippen LogP contribution in [0.25, 0.3) is 11.0 Å². The Morgan fingerprint density at radius 2 is 1.92 bits per heavy atom. The largest absolute Gasteiger partial charge is 0.462 e. The minimum atomic E-state index is -3.70. The number of benzene rings is 2. The van der Waals surface area contributed by atoms with Crippen LogP contribution in [0.3, 0.4) is 0 Å². The van der Waals surface area contributed by atoms with Crippen LogP contribution < -0.4 is 5.14 Å². The molecule has 3 rings (SSSR count). The number of carbonyl (C=O) groups is 1. The van der Waals surface area contributed by atoms with Crippen molar-refractivity contribution in [2.24, 2.45) is 5.14 Å². The van der Waals surface area contributed by atoms with Gasteiger partial charge in [0.1, 0.15) is 0 Å². The molecular formula is C17H17N3O4S. The van der Waals surface area contributed by atoms with E-state index in [1.54, 1.807) is 37.5 Å². The zero-order valence-electron chi connectivity index (χ0n) is 13.5. The van der Waals surface area contributed by atoms with Crippen molar-refractivity contribution in [1.82, 2.24) is 9.55 Å². The van der Waals surface area contributed by atoms with Gasteiger partial charge in [-0.05, 0) is 42.8 Å². The van der Waals surface area contributed by atoms with E-state index in [1.807, 2.05) is 10.6 Å². The summed E-state index contributed by atoms with van der Waals surface area (Å²) in [5.41, 5.74) is 2.91. The fraction of sp³-hybridized carbons (Fsp3) is 0.176. The summed E-state index contributed by atoms with van der Waals surface area (Å²) in [6.45, 7) is 2.59. The van der Waals surface area contributed by atoms with Crippen molar-refractivity contribution in [3.05, 3.63) is 59.9 Å². The second-order valence-corrected chi connectivity index (χ2v) is 7.05. The minimum absolute atomic E-state index is 0.0748. The molecule has 130 valence electrons. The van der Waals surface area contributed by atoms with Crippen molar-refractivity contribution in [1.29, 1.82) is 0 Å². The lowest BCUT2D eigenvalue weighted by Gasteiger charge is -2.06. The molecule has 0 amide bonds. The normalized spacial score (nSPS) is 11.6. The number of aromatic nitrogens is 2. The smallest absolute Gasteiger partial charge is 0.338 e. The van der Waals surface area contributed by atoms with E-state index >= 15 is 0 Å². The SMILES string of the molecule is CCOC(=O)c1ccc2c(c1)ncn2Cc1ccc(S(N)(=O)=O)cc1. The van der Waals surface area contributed by atoms with E-state index < -0.39 is 10.0 Å². The molecule has 0 aliphatic rings. The van der Waals surface area contributed by atoms with Crippen LogP contribution in [0.15, 0.2) is 53.7 Å². The minimum Gasteiger partial charge on any atom is -0.462 e. The third-order valence-corrected chi connectivity index (χ3v) is 4.67. The highest BCUT2D eigenvalue weighted by molar-refractivity contribution is 7.89. The molecule has 0 saturated carbocycles. The topological polar surface area (TPSA) is 104 Å². The maximum absolute atomic E-state index is 11.8.